The molecule has 0 radical (unpaired) electrons. The molecular formula is C29H38FN3O6. The van der Waals surface area contributed by atoms with E-state index in [9.17, 15) is 23.6 Å². The molecule has 0 saturated carbocycles. The highest BCUT2D eigenvalue weighted by Gasteiger charge is 2.28. The lowest BCUT2D eigenvalue weighted by molar-refractivity contribution is -0.147. The number of hydrogen-bond donors (Lipinski definition) is 3. The van der Waals surface area contributed by atoms with Crippen LogP contribution in [0.15, 0.2) is 54.6 Å². The number of rotatable bonds is 13. The third-order valence-corrected chi connectivity index (χ3v) is 5.44. The molecule has 3 amide bonds. The van der Waals surface area contributed by atoms with Crippen LogP contribution in [-0.4, -0.2) is 54.7 Å². The minimum Gasteiger partial charge on any atom is -0.464 e. The molecule has 2 aromatic rings. The Morgan fingerprint density at radius 3 is 2.18 bits per heavy atom. The van der Waals surface area contributed by atoms with Crippen LogP contribution < -0.4 is 16.0 Å². The van der Waals surface area contributed by atoms with Crippen molar-refractivity contribution in [3.8, 4) is 0 Å². The second-order valence-corrected chi connectivity index (χ2v) is 10.00. The molecule has 212 valence electrons. The SMILES string of the molecule is CCOC(=O)C(Cc1ccc(F)cc1)NC(=O)C(CCCNC(=O)OC(C)(C)C)NC(=O)Cc1ccccc1. The van der Waals surface area contributed by atoms with Crippen LogP contribution in [0.25, 0.3) is 0 Å². The summed E-state index contributed by atoms with van der Waals surface area (Å²) < 4.78 is 23.7. The van der Waals surface area contributed by atoms with Crippen LogP contribution in [0.5, 0.6) is 0 Å². The first-order valence-corrected chi connectivity index (χ1v) is 13.0. The minimum absolute atomic E-state index is 0.0671. The summed E-state index contributed by atoms with van der Waals surface area (Å²) in [6.45, 7) is 7.23. The Balaban J connectivity index is 2.10. The molecule has 2 unspecified atom stereocenters. The highest BCUT2D eigenvalue weighted by Crippen LogP contribution is 2.10. The molecule has 10 heteroatoms. The lowest BCUT2D eigenvalue weighted by Gasteiger charge is -2.23. The predicted octanol–water partition coefficient (Wildman–Crippen LogP) is 3.45. The van der Waals surface area contributed by atoms with Crippen molar-refractivity contribution in [2.24, 2.45) is 0 Å². The van der Waals surface area contributed by atoms with Gasteiger partial charge in [0, 0.05) is 13.0 Å². The van der Waals surface area contributed by atoms with Crippen molar-refractivity contribution in [1.82, 2.24) is 16.0 Å². The van der Waals surface area contributed by atoms with Crippen LogP contribution in [0.4, 0.5) is 9.18 Å². The maximum absolute atomic E-state index is 13.3. The van der Waals surface area contributed by atoms with E-state index in [1.807, 2.05) is 18.2 Å². The summed E-state index contributed by atoms with van der Waals surface area (Å²) in [4.78, 5) is 50.6. The number of hydrogen-bond acceptors (Lipinski definition) is 6. The standard InChI is InChI=1S/C29H38FN3O6/c1-5-38-27(36)24(18-21-13-15-22(30)16-14-21)33-26(35)23(12-9-17-31-28(37)39-29(2,3)4)32-25(34)19-20-10-7-6-8-11-20/h6-8,10-11,13-16,23-24H,5,9,12,17-19H2,1-4H3,(H,31,37)(H,32,34)(H,33,35). The Bertz CT molecular complexity index is 1090. The molecule has 2 rings (SSSR count). The topological polar surface area (TPSA) is 123 Å². The van der Waals surface area contributed by atoms with Gasteiger partial charge in [-0.2, -0.15) is 0 Å². The number of ether oxygens (including phenoxy) is 2. The summed E-state index contributed by atoms with van der Waals surface area (Å²) in [6.07, 6.45) is 0.102. The molecule has 0 aliphatic rings. The Labute approximate surface area is 228 Å². The first kappa shape index (κ1) is 31.3. The molecule has 3 N–H and O–H groups in total. The molecule has 0 bridgehead atoms. The molecule has 0 saturated heterocycles. The molecule has 0 spiro atoms. The van der Waals surface area contributed by atoms with E-state index in [4.69, 9.17) is 9.47 Å². The molecule has 39 heavy (non-hydrogen) atoms. The van der Waals surface area contributed by atoms with E-state index in [1.54, 1.807) is 39.8 Å². The van der Waals surface area contributed by atoms with E-state index in [-0.39, 0.29) is 38.3 Å². The van der Waals surface area contributed by atoms with E-state index in [0.717, 1.165) is 5.56 Å². The molecule has 0 aliphatic heterocycles. The van der Waals surface area contributed by atoms with Crippen molar-refractivity contribution in [3.63, 3.8) is 0 Å². The van der Waals surface area contributed by atoms with E-state index in [0.29, 0.717) is 12.0 Å². The highest BCUT2D eigenvalue weighted by molar-refractivity contribution is 5.91. The Hall–Kier alpha value is -3.95. The quantitative estimate of drug-likeness (QED) is 0.263. The Morgan fingerprint density at radius 2 is 1.56 bits per heavy atom. The van der Waals surface area contributed by atoms with Crippen molar-refractivity contribution in [2.45, 2.75) is 71.1 Å². The van der Waals surface area contributed by atoms with Gasteiger partial charge in [-0.15, -0.1) is 0 Å². The van der Waals surface area contributed by atoms with Crippen LogP contribution >= 0.6 is 0 Å². The van der Waals surface area contributed by atoms with Gasteiger partial charge in [-0.1, -0.05) is 42.5 Å². The summed E-state index contributed by atoms with van der Waals surface area (Å²) in [7, 11) is 0. The number of carbonyl (C=O) groups is 4. The van der Waals surface area contributed by atoms with Crippen LogP contribution in [0.1, 0.15) is 51.7 Å². The third-order valence-electron chi connectivity index (χ3n) is 5.44. The molecule has 0 heterocycles. The van der Waals surface area contributed by atoms with Gasteiger partial charge in [-0.05, 0) is 63.8 Å². The molecule has 0 aromatic heterocycles. The van der Waals surface area contributed by atoms with Crippen molar-refractivity contribution in [3.05, 3.63) is 71.5 Å². The second-order valence-electron chi connectivity index (χ2n) is 10.00. The minimum atomic E-state index is -1.05. The highest BCUT2D eigenvalue weighted by atomic mass is 19.1. The monoisotopic (exact) mass is 543 g/mol. The van der Waals surface area contributed by atoms with Crippen LogP contribution in [-0.2, 0) is 36.7 Å². The predicted molar refractivity (Wildman–Crippen MR) is 144 cm³/mol. The zero-order chi connectivity index (χ0) is 28.8. The van der Waals surface area contributed by atoms with Crippen molar-refractivity contribution in [2.75, 3.05) is 13.2 Å². The first-order chi connectivity index (χ1) is 18.5. The Morgan fingerprint density at radius 1 is 0.897 bits per heavy atom. The van der Waals surface area contributed by atoms with E-state index < -0.39 is 41.5 Å². The fourth-order valence-electron chi connectivity index (χ4n) is 3.67. The fourth-order valence-corrected chi connectivity index (χ4v) is 3.67. The van der Waals surface area contributed by atoms with E-state index in [1.165, 1.54) is 24.3 Å². The summed E-state index contributed by atoms with van der Waals surface area (Å²) in [5.41, 5.74) is 0.757. The van der Waals surface area contributed by atoms with Crippen LogP contribution in [0.3, 0.4) is 0 Å². The molecule has 2 aromatic carbocycles. The van der Waals surface area contributed by atoms with Gasteiger partial charge >= 0.3 is 12.1 Å². The lowest BCUT2D eigenvalue weighted by atomic mass is 10.0. The summed E-state index contributed by atoms with van der Waals surface area (Å²) in [6, 6.07) is 12.6. The van der Waals surface area contributed by atoms with Crippen LogP contribution in [0, 0.1) is 5.82 Å². The van der Waals surface area contributed by atoms with Crippen molar-refractivity contribution < 1.29 is 33.0 Å². The van der Waals surface area contributed by atoms with Gasteiger partial charge in [-0.25, -0.2) is 14.0 Å². The number of nitrogens with one attached hydrogen (secondary N) is 3. The van der Waals surface area contributed by atoms with E-state index in [2.05, 4.69) is 16.0 Å². The van der Waals surface area contributed by atoms with E-state index >= 15 is 0 Å². The van der Waals surface area contributed by atoms with Crippen molar-refractivity contribution >= 4 is 23.9 Å². The zero-order valence-corrected chi connectivity index (χ0v) is 22.9. The normalized spacial score (nSPS) is 12.5. The van der Waals surface area contributed by atoms with Gasteiger partial charge in [0.2, 0.25) is 11.8 Å². The first-order valence-electron chi connectivity index (χ1n) is 13.0. The summed E-state index contributed by atoms with van der Waals surface area (Å²) >= 11 is 0. The van der Waals surface area contributed by atoms with Gasteiger partial charge in [-0.3, -0.25) is 9.59 Å². The number of carbonyl (C=O) groups excluding carboxylic acids is 4. The summed E-state index contributed by atoms with van der Waals surface area (Å²) in [5, 5.41) is 8.05. The number of halogens is 1. The maximum atomic E-state index is 13.3. The van der Waals surface area contributed by atoms with Crippen LogP contribution in [0.2, 0.25) is 0 Å². The largest absolute Gasteiger partial charge is 0.464 e. The number of alkyl carbamates (subject to hydrolysis) is 1. The van der Waals surface area contributed by atoms with Gasteiger partial charge < -0.3 is 25.4 Å². The van der Waals surface area contributed by atoms with Gasteiger partial charge in [0.1, 0.15) is 23.5 Å². The zero-order valence-electron chi connectivity index (χ0n) is 22.9. The maximum Gasteiger partial charge on any atom is 0.407 e. The molecule has 0 aliphatic carbocycles. The number of benzene rings is 2. The Kier molecular flexibility index (Phi) is 12.4. The lowest BCUT2D eigenvalue weighted by Crippen LogP contribution is -2.53. The van der Waals surface area contributed by atoms with Gasteiger partial charge in [0.05, 0.1) is 13.0 Å². The number of esters is 1. The van der Waals surface area contributed by atoms with Gasteiger partial charge in [0.25, 0.3) is 0 Å². The average Bonchev–Trinajstić information content (AvgIpc) is 2.86. The average molecular weight is 544 g/mol. The second kappa shape index (κ2) is 15.5. The molecule has 9 nitrogen and oxygen atoms in total. The summed E-state index contributed by atoms with van der Waals surface area (Å²) in [5.74, 6) is -2.01. The fraction of sp³-hybridized carbons (Fsp3) is 0.448. The smallest absolute Gasteiger partial charge is 0.407 e. The van der Waals surface area contributed by atoms with Gasteiger partial charge in [0.15, 0.2) is 0 Å². The van der Waals surface area contributed by atoms with Crippen molar-refractivity contribution in [1.29, 1.82) is 0 Å². The molecule has 0 fully saturated rings. The molecule has 2 atom stereocenters. The third kappa shape index (κ3) is 12.4. The molecular weight excluding hydrogens is 505 g/mol. The number of amides is 3.